The zero-order valence-corrected chi connectivity index (χ0v) is 14.5. The Hall–Kier alpha value is -0.650. The number of piperidine rings is 1. The lowest BCUT2D eigenvalue weighted by Crippen LogP contribution is -2.34. The van der Waals surface area contributed by atoms with Gasteiger partial charge in [0.05, 0.1) is 5.69 Å². The van der Waals surface area contributed by atoms with Crippen LogP contribution in [0.1, 0.15) is 43.7 Å². The zero-order chi connectivity index (χ0) is 15.1. The van der Waals surface area contributed by atoms with Crippen LogP contribution in [0.15, 0.2) is 0 Å². The Morgan fingerprint density at radius 1 is 1.33 bits per heavy atom. The second-order valence-electron chi connectivity index (χ2n) is 5.78. The molecule has 0 atom stereocenters. The number of rotatable bonds is 8. The predicted molar refractivity (Wildman–Crippen MR) is 90.3 cm³/mol. The summed E-state index contributed by atoms with van der Waals surface area (Å²) in [5.74, 6) is 0.725. The minimum Gasteiger partial charge on any atom is -0.384 e. The Kier molecular flexibility index (Phi) is 6.93. The van der Waals surface area contributed by atoms with Crippen LogP contribution in [0.4, 0.5) is 5.13 Å². The highest BCUT2D eigenvalue weighted by molar-refractivity contribution is 7.15. The molecule has 4 nitrogen and oxygen atoms in total. The molecule has 2 heterocycles. The topological polar surface area (TPSA) is 37.4 Å². The van der Waals surface area contributed by atoms with E-state index >= 15 is 0 Å². The van der Waals surface area contributed by atoms with E-state index < -0.39 is 0 Å². The van der Waals surface area contributed by atoms with Gasteiger partial charge < -0.3 is 15.0 Å². The first-order valence-corrected chi connectivity index (χ1v) is 9.03. The highest BCUT2D eigenvalue weighted by Gasteiger charge is 2.22. The third kappa shape index (κ3) is 4.66. The predicted octanol–water partition coefficient (Wildman–Crippen LogP) is 3.07. The van der Waals surface area contributed by atoms with Crippen LogP contribution in [-0.4, -0.2) is 38.3 Å². The molecule has 1 fully saturated rings. The molecule has 1 aliphatic rings. The molecular formula is C16H29N3OS. The van der Waals surface area contributed by atoms with E-state index in [9.17, 15) is 0 Å². The van der Waals surface area contributed by atoms with Crippen LogP contribution < -0.4 is 10.2 Å². The highest BCUT2D eigenvalue weighted by Crippen LogP contribution is 2.30. The maximum absolute atomic E-state index is 5.28. The molecule has 2 rings (SSSR count). The molecule has 1 saturated heterocycles. The third-order valence-electron chi connectivity index (χ3n) is 4.10. The van der Waals surface area contributed by atoms with Crippen LogP contribution in [0.5, 0.6) is 0 Å². The van der Waals surface area contributed by atoms with Crippen molar-refractivity contribution in [3.63, 3.8) is 0 Å². The van der Waals surface area contributed by atoms with Crippen molar-refractivity contribution in [3.8, 4) is 0 Å². The van der Waals surface area contributed by atoms with Gasteiger partial charge in [0, 0.05) is 38.2 Å². The summed E-state index contributed by atoms with van der Waals surface area (Å²) in [5, 5.41) is 4.72. The Balaban J connectivity index is 1.94. The highest BCUT2D eigenvalue weighted by atomic mass is 32.1. The molecular weight excluding hydrogens is 282 g/mol. The molecule has 5 heteroatoms. The number of ether oxygens (including phenoxy) is 1. The van der Waals surface area contributed by atoms with E-state index in [1.807, 2.05) is 11.3 Å². The first kappa shape index (κ1) is 16.7. The number of methoxy groups -OCH3 is 1. The fourth-order valence-electron chi connectivity index (χ4n) is 2.82. The van der Waals surface area contributed by atoms with Crippen molar-refractivity contribution in [2.45, 2.75) is 46.1 Å². The molecule has 0 saturated carbocycles. The fraction of sp³-hybridized carbons (Fsp3) is 0.812. The van der Waals surface area contributed by atoms with Crippen LogP contribution in [0, 0.1) is 5.92 Å². The molecule has 1 aliphatic heterocycles. The van der Waals surface area contributed by atoms with Gasteiger partial charge in [0.15, 0.2) is 5.13 Å². The third-order valence-corrected chi connectivity index (χ3v) is 5.26. The summed E-state index contributed by atoms with van der Waals surface area (Å²) in [6, 6.07) is 0. The molecule has 0 aliphatic carbocycles. The van der Waals surface area contributed by atoms with Gasteiger partial charge in [-0.15, -0.1) is 11.3 Å². The van der Waals surface area contributed by atoms with Crippen LogP contribution in [0.25, 0.3) is 0 Å². The van der Waals surface area contributed by atoms with Crippen molar-refractivity contribution in [2.24, 2.45) is 5.92 Å². The molecule has 120 valence electrons. The van der Waals surface area contributed by atoms with Gasteiger partial charge in [-0.3, -0.25) is 0 Å². The van der Waals surface area contributed by atoms with Gasteiger partial charge in [0.1, 0.15) is 0 Å². The van der Waals surface area contributed by atoms with Gasteiger partial charge in [0.2, 0.25) is 0 Å². The Morgan fingerprint density at radius 2 is 2.10 bits per heavy atom. The summed E-state index contributed by atoms with van der Waals surface area (Å²) < 4.78 is 5.28. The number of anilines is 1. The first-order chi connectivity index (χ1) is 10.3. The van der Waals surface area contributed by atoms with Crippen molar-refractivity contribution < 1.29 is 4.74 Å². The van der Waals surface area contributed by atoms with Crippen molar-refractivity contribution in [3.05, 3.63) is 10.6 Å². The molecule has 0 aromatic carbocycles. The quantitative estimate of drug-likeness (QED) is 0.749. The second-order valence-corrected chi connectivity index (χ2v) is 6.84. The van der Waals surface area contributed by atoms with Crippen LogP contribution in [-0.2, 0) is 17.7 Å². The minimum atomic E-state index is 0.725. The lowest BCUT2D eigenvalue weighted by atomic mass is 9.98. The summed E-state index contributed by atoms with van der Waals surface area (Å²) in [7, 11) is 1.80. The van der Waals surface area contributed by atoms with Crippen LogP contribution in [0.2, 0.25) is 0 Å². The van der Waals surface area contributed by atoms with E-state index in [1.54, 1.807) is 7.11 Å². The summed E-state index contributed by atoms with van der Waals surface area (Å²) in [5.41, 5.74) is 1.28. The van der Waals surface area contributed by atoms with Gasteiger partial charge in [-0.25, -0.2) is 4.98 Å². The lowest BCUT2D eigenvalue weighted by Gasteiger charge is -2.31. The van der Waals surface area contributed by atoms with Gasteiger partial charge in [-0.2, -0.15) is 0 Å². The standard InChI is InChI=1S/C16H29N3OS/c1-4-8-17-11-15-14(5-2)18-16(21-15)19-9-6-13(7-10-19)12-20-3/h13,17H,4-12H2,1-3H3. The second kappa shape index (κ2) is 8.71. The molecule has 1 N–H and O–H groups in total. The lowest BCUT2D eigenvalue weighted by molar-refractivity contribution is 0.139. The maximum Gasteiger partial charge on any atom is 0.185 e. The van der Waals surface area contributed by atoms with Crippen molar-refractivity contribution in [1.82, 2.24) is 10.3 Å². The number of aromatic nitrogens is 1. The van der Waals surface area contributed by atoms with E-state index in [-0.39, 0.29) is 0 Å². The average Bonchev–Trinajstić information content (AvgIpc) is 2.92. The van der Waals surface area contributed by atoms with Gasteiger partial charge >= 0.3 is 0 Å². The van der Waals surface area contributed by atoms with Crippen LogP contribution in [0.3, 0.4) is 0 Å². The van der Waals surface area contributed by atoms with Gasteiger partial charge in [0.25, 0.3) is 0 Å². The smallest absolute Gasteiger partial charge is 0.185 e. The number of thiazole rings is 1. The van der Waals surface area contributed by atoms with Crippen LogP contribution >= 0.6 is 11.3 Å². The Labute approximate surface area is 132 Å². The molecule has 1 aromatic rings. The molecule has 0 unspecified atom stereocenters. The summed E-state index contributed by atoms with van der Waals surface area (Å²) in [6.45, 7) is 9.59. The summed E-state index contributed by atoms with van der Waals surface area (Å²) in [4.78, 5) is 8.75. The molecule has 0 radical (unpaired) electrons. The Bertz CT molecular complexity index is 414. The van der Waals surface area contributed by atoms with E-state index in [0.717, 1.165) is 45.1 Å². The average molecular weight is 311 g/mol. The Morgan fingerprint density at radius 3 is 2.71 bits per heavy atom. The normalized spacial score (nSPS) is 16.6. The monoisotopic (exact) mass is 311 g/mol. The molecule has 21 heavy (non-hydrogen) atoms. The molecule has 0 spiro atoms. The largest absolute Gasteiger partial charge is 0.384 e. The maximum atomic E-state index is 5.28. The van der Waals surface area contributed by atoms with Crippen molar-refractivity contribution >= 4 is 16.5 Å². The first-order valence-electron chi connectivity index (χ1n) is 8.21. The number of hydrogen-bond acceptors (Lipinski definition) is 5. The van der Waals surface area contributed by atoms with E-state index in [4.69, 9.17) is 9.72 Å². The van der Waals surface area contributed by atoms with Gasteiger partial charge in [-0.05, 0) is 38.1 Å². The number of nitrogens with zero attached hydrogens (tertiary/aromatic N) is 2. The van der Waals surface area contributed by atoms with E-state index in [0.29, 0.717) is 0 Å². The number of nitrogens with one attached hydrogen (secondary N) is 1. The fourth-order valence-corrected chi connectivity index (χ4v) is 3.99. The molecule has 1 aromatic heterocycles. The van der Waals surface area contributed by atoms with Crippen molar-refractivity contribution in [2.75, 3.05) is 38.3 Å². The van der Waals surface area contributed by atoms with E-state index in [2.05, 4.69) is 24.1 Å². The minimum absolute atomic E-state index is 0.725. The molecule has 0 bridgehead atoms. The van der Waals surface area contributed by atoms with Gasteiger partial charge in [-0.1, -0.05) is 13.8 Å². The number of aryl methyl sites for hydroxylation is 1. The number of hydrogen-bond donors (Lipinski definition) is 1. The van der Waals surface area contributed by atoms with Crippen molar-refractivity contribution in [1.29, 1.82) is 0 Å². The zero-order valence-electron chi connectivity index (χ0n) is 13.7. The molecule has 0 amide bonds. The summed E-state index contributed by atoms with van der Waals surface area (Å²) in [6.07, 6.45) is 4.65. The van der Waals surface area contributed by atoms with E-state index in [1.165, 1.54) is 35.0 Å². The summed E-state index contributed by atoms with van der Waals surface area (Å²) >= 11 is 1.88. The SMILES string of the molecule is CCCNCc1sc(N2CCC(COC)CC2)nc1CC.